The average molecular weight is 298 g/mol. The van der Waals surface area contributed by atoms with Crippen molar-refractivity contribution >= 4 is 11.7 Å². The van der Waals surface area contributed by atoms with Crippen LogP contribution in [-0.2, 0) is 6.42 Å². The third-order valence-corrected chi connectivity index (χ3v) is 3.59. The molecule has 0 radical (unpaired) electrons. The van der Waals surface area contributed by atoms with Gasteiger partial charge in [0.25, 0.3) is 0 Å². The van der Waals surface area contributed by atoms with E-state index in [-0.39, 0.29) is 12.6 Å². The van der Waals surface area contributed by atoms with E-state index in [1.54, 1.807) is 6.07 Å². The van der Waals surface area contributed by atoms with E-state index in [2.05, 4.69) is 10.6 Å². The van der Waals surface area contributed by atoms with Crippen molar-refractivity contribution in [3.05, 3.63) is 59.7 Å². The molecule has 2 aromatic rings. The Kier molecular flexibility index (Phi) is 4.25. The predicted molar refractivity (Wildman–Crippen MR) is 84.1 cm³/mol. The summed E-state index contributed by atoms with van der Waals surface area (Å²) >= 11 is 0. The van der Waals surface area contributed by atoms with Crippen LogP contribution in [-0.4, -0.2) is 24.3 Å². The van der Waals surface area contributed by atoms with Gasteiger partial charge < -0.3 is 20.5 Å². The number of aliphatic hydroxyl groups excluding tert-OH is 1. The molecule has 114 valence electrons. The quantitative estimate of drug-likeness (QED) is 0.812. The number of carbonyl (C=O) groups is 1. The van der Waals surface area contributed by atoms with Gasteiger partial charge in [-0.1, -0.05) is 30.3 Å². The molecular weight excluding hydrogens is 280 g/mol. The lowest BCUT2D eigenvalue weighted by Gasteiger charge is -2.13. The highest BCUT2D eigenvalue weighted by Crippen LogP contribution is 2.27. The molecule has 0 unspecified atom stereocenters. The number of aliphatic hydroxyl groups is 1. The molecule has 0 fully saturated rings. The number of urea groups is 1. The first kappa shape index (κ1) is 14.4. The summed E-state index contributed by atoms with van der Waals surface area (Å²) in [6.07, 6.45) is 0.138. The fourth-order valence-corrected chi connectivity index (χ4v) is 2.42. The fraction of sp³-hybridized carbons (Fsp3) is 0.235. The molecule has 1 aliphatic rings. The van der Waals surface area contributed by atoms with Crippen LogP contribution in [0.25, 0.3) is 0 Å². The largest absolute Gasteiger partial charge is 0.493 e. The summed E-state index contributed by atoms with van der Waals surface area (Å²) in [6, 6.07) is 14.5. The number of nitrogens with one attached hydrogen (secondary N) is 2. The summed E-state index contributed by atoms with van der Waals surface area (Å²) < 4.78 is 5.42. The first-order chi connectivity index (χ1) is 10.7. The summed E-state index contributed by atoms with van der Waals surface area (Å²) in [7, 11) is 0. The Morgan fingerprint density at radius 3 is 2.86 bits per heavy atom. The third kappa shape index (κ3) is 3.38. The van der Waals surface area contributed by atoms with E-state index in [4.69, 9.17) is 4.74 Å². The molecule has 1 atom stereocenters. The maximum absolute atomic E-state index is 11.9. The molecule has 0 saturated heterocycles. The lowest BCUT2D eigenvalue weighted by atomic mass is 10.1. The zero-order valence-electron chi connectivity index (χ0n) is 12.1. The monoisotopic (exact) mass is 298 g/mol. The fourth-order valence-electron chi connectivity index (χ4n) is 2.42. The highest BCUT2D eigenvalue weighted by molar-refractivity contribution is 5.89. The summed E-state index contributed by atoms with van der Waals surface area (Å²) in [5.74, 6) is 0.880. The van der Waals surface area contributed by atoms with Crippen molar-refractivity contribution in [2.45, 2.75) is 12.5 Å². The van der Waals surface area contributed by atoms with Gasteiger partial charge in [0.2, 0.25) is 0 Å². The van der Waals surface area contributed by atoms with Crippen LogP contribution in [0.4, 0.5) is 10.5 Å². The first-order valence-electron chi connectivity index (χ1n) is 7.26. The van der Waals surface area contributed by atoms with Gasteiger partial charge in [-0.25, -0.2) is 4.79 Å². The summed E-state index contributed by atoms with van der Waals surface area (Å²) in [5, 5.41) is 15.4. The minimum absolute atomic E-state index is 0.157. The van der Waals surface area contributed by atoms with E-state index in [0.29, 0.717) is 6.61 Å². The minimum Gasteiger partial charge on any atom is -0.493 e. The number of rotatable bonds is 4. The Hall–Kier alpha value is -2.53. The van der Waals surface area contributed by atoms with E-state index < -0.39 is 6.10 Å². The van der Waals surface area contributed by atoms with E-state index >= 15 is 0 Å². The molecule has 22 heavy (non-hydrogen) atoms. The number of fused-ring (bicyclic) bond motifs is 1. The second-order valence-corrected chi connectivity index (χ2v) is 5.18. The van der Waals surface area contributed by atoms with Crippen LogP contribution < -0.4 is 15.4 Å². The van der Waals surface area contributed by atoms with E-state index in [9.17, 15) is 9.90 Å². The lowest BCUT2D eigenvalue weighted by molar-refractivity contribution is 0.175. The van der Waals surface area contributed by atoms with Crippen LogP contribution in [0.2, 0.25) is 0 Å². The van der Waals surface area contributed by atoms with Gasteiger partial charge in [-0.15, -0.1) is 0 Å². The Bertz CT molecular complexity index is 658. The van der Waals surface area contributed by atoms with Crippen LogP contribution >= 0.6 is 0 Å². The van der Waals surface area contributed by atoms with Crippen molar-refractivity contribution in [3.63, 3.8) is 0 Å². The first-order valence-corrected chi connectivity index (χ1v) is 7.26. The van der Waals surface area contributed by atoms with Crippen molar-refractivity contribution in [1.29, 1.82) is 0 Å². The summed E-state index contributed by atoms with van der Waals surface area (Å²) in [5.41, 5.74) is 2.59. The molecular formula is C17H18N2O3. The van der Waals surface area contributed by atoms with Gasteiger partial charge >= 0.3 is 6.03 Å². The average Bonchev–Trinajstić information content (AvgIpc) is 3.01. The van der Waals surface area contributed by atoms with Crippen LogP contribution in [0.5, 0.6) is 5.75 Å². The zero-order chi connectivity index (χ0) is 15.4. The maximum atomic E-state index is 11.9. The number of anilines is 1. The van der Waals surface area contributed by atoms with Gasteiger partial charge in [-0.2, -0.15) is 0 Å². The van der Waals surface area contributed by atoms with E-state index in [1.165, 1.54) is 0 Å². The Labute approximate surface area is 128 Å². The summed E-state index contributed by atoms with van der Waals surface area (Å²) in [4.78, 5) is 11.9. The molecule has 5 nitrogen and oxygen atoms in total. The topological polar surface area (TPSA) is 70.6 Å². The zero-order valence-corrected chi connectivity index (χ0v) is 12.1. The van der Waals surface area contributed by atoms with Crippen molar-refractivity contribution in [2.75, 3.05) is 18.5 Å². The van der Waals surface area contributed by atoms with E-state index in [0.717, 1.165) is 29.0 Å². The van der Waals surface area contributed by atoms with Crippen molar-refractivity contribution in [1.82, 2.24) is 5.32 Å². The standard InChI is InChI=1S/C17H18N2O3/c20-15(12-4-2-1-3-5-12)11-18-17(21)19-14-6-7-16-13(10-14)8-9-22-16/h1-7,10,15,20H,8-9,11H2,(H2,18,19,21)/t15-/m1/s1. The van der Waals surface area contributed by atoms with Gasteiger partial charge in [0.05, 0.1) is 12.7 Å². The van der Waals surface area contributed by atoms with E-state index in [1.807, 2.05) is 42.5 Å². The number of carbonyl (C=O) groups excluding carboxylic acids is 1. The van der Waals surface area contributed by atoms with Crippen LogP contribution in [0.15, 0.2) is 48.5 Å². The van der Waals surface area contributed by atoms with Crippen LogP contribution in [0, 0.1) is 0 Å². The predicted octanol–water partition coefficient (Wildman–Crippen LogP) is 2.48. The highest BCUT2D eigenvalue weighted by Gasteiger charge is 2.13. The molecule has 3 rings (SSSR count). The SMILES string of the molecule is O=C(NC[C@@H](O)c1ccccc1)Nc1ccc2c(c1)CCO2. The normalized spacial score (nSPS) is 13.9. The molecule has 0 bridgehead atoms. The number of hydrogen-bond acceptors (Lipinski definition) is 3. The van der Waals surface area contributed by atoms with Crippen molar-refractivity contribution in [3.8, 4) is 5.75 Å². The van der Waals surface area contributed by atoms with Gasteiger partial charge in [-0.3, -0.25) is 0 Å². The molecule has 1 heterocycles. The second-order valence-electron chi connectivity index (χ2n) is 5.18. The molecule has 2 aromatic carbocycles. The molecule has 1 aliphatic heterocycles. The number of amides is 2. The molecule has 0 spiro atoms. The van der Waals surface area contributed by atoms with Crippen molar-refractivity contribution < 1.29 is 14.6 Å². The smallest absolute Gasteiger partial charge is 0.319 e. The van der Waals surface area contributed by atoms with Crippen LogP contribution in [0.3, 0.4) is 0 Å². The number of ether oxygens (including phenoxy) is 1. The van der Waals surface area contributed by atoms with Crippen LogP contribution in [0.1, 0.15) is 17.2 Å². The highest BCUT2D eigenvalue weighted by atomic mass is 16.5. The van der Waals surface area contributed by atoms with Gasteiger partial charge in [0, 0.05) is 18.7 Å². The Balaban J connectivity index is 1.52. The van der Waals surface area contributed by atoms with Crippen molar-refractivity contribution in [2.24, 2.45) is 0 Å². The molecule has 0 aliphatic carbocycles. The second kappa shape index (κ2) is 6.49. The van der Waals surface area contributed by atoms with Gasteiger partial charge in [0.15, 0.2) is 0 Å². The molecule has 0 saturated carbocycles. The summed E-state index contributed by atoms with van der Waals surface area (Å²) in [6.45, 7) is 0.845. The Morgan fingerprint density at radius 2 is 2.05 bits per heavy atom. The van der Waals surface area contributed by atoms with Gasteiger partial charge in [-0.05, 0) is 29.3 Å². The lowest BCUT2D eigenvalue weighted by Crippen LogP contribution is -2.32. The molecule has 3 N–H and O–H groups in total. The Morgan fingerprint density at radius 1 is 1.23 bits per heavy atom. The number of hydrogen-bond donors (Lipinski definition) is 3. The number of benzene rings is 2. The molecule has 0 aromatic heterocycles. The molecule has 5 heteroatoms. The molecule has 2 amide bonds. The van der Waals surface area contributed by atoms with Gasteiger partial charge in [0.1, 0.15) is 5.75 Å². The minimum atomic E-state index is -0.722. The third-order valence-electron chi connectivity index (χ3n) is 3.59. The maximum Gasteiger partial charge on any atom is 0.319 e.